The first-order valence-corrected chi connectivity index (χ1v) is 11.5. The number of aryl methyl sites for hydroxylation is 2. The van der Waals surface area contributed by atoms with Crippen LogP contribution >= 0.6 is 11.6 Å². The number of hydrogen-bond donors (Lipinski definition) is 0. The van der Waals surface area contributed by atoms with Crippen molar-refractivity contribution in [2.24, 2.45) is 0 Å². The van der Waals surface area contributed by atoms with Gasteiger partial charge in [0, 0.05) is 32.6 Å². The summed E-state index contributed by atoms with van der Waals surface area (Å²) >= 11 is 6.20. The number of halogens is 1. The summed E-state index contributed by atoms with van der Waals surface area (Å²) in [6, 6.07) is 6.72. The van der Waals surface area contributed by atoms with Crippen LogP contribution < -0.4 is 0 Å². The number of benzene rings is 1. The largest absolute Gasteiger partial charge is 0.340 e. The van der Waals surface area contributed by atoms with E-state index >= 15 is 0 Å². The van der Waals surface area contributed by atoms with Crippen molar-refractivity contribution < 1.29 is 13.2 Å². The zero-order chi connectivity index (χ0) is 21.3. The summed E-state index contributed by atoms with van der Waals surface area (Å²) in [5, 5.41) is 5.04. The van der Waals surface area contributed by atoms with Crippen LogP contribution in [0.1, 0.15) is 36.3 Å². The Balaban J connectivity index is 1.60. The minimum Gasteiger partial charge on any atom is -0.340 e. The molecule has 1 amide bonds. The van der Waals surface area contributed by atoms with E-state index in [0.717, 1.165) is 17.0 Å². The third-order valence-electron chi connectivity index (χ3n) is 5.37. The molecule has 1 aromatic heterocycles. The topological polar surface area (TPSA) is 75.5 Å². The van der Waals surface area contributed by atoms with E-state index < -0.39 is 10.0 Å². The highest BCUT2D eigenvalue weighted by molar-refractivity contribution is 7.89. The second-order valence-electron chi connectivity index (χ2n) is 7.58. The molecule has 29 heavy (non-hydrogen) atoms. The Hall–Kier alpha value is -1.90. The molecule has 0 spiro atoms. The van der Waals surface area contributed by atoms with Crippen molar-refractivity contribution in [1.82, 2.24) is 19.0 Å². The lowest BCUT2D eigenvalue weighted by Crippen LogP contribution is -2.50. The van der Waals surface area contributed by atoms with Gasteiger partial charge in [-0.25, -0.2) is 8.42 Å². The predicted molar refractivity (Wildman–Crippen MR) is 113 cm³/mol. The van der Waals surface area contributed by atoms with Crippen molar-refractivity contribution in [1.29, 1.82) is 0 Å². The number of nitrogens with zero attached hydrogens (tertiary/aromatic N) is 4. The van der Waals surface area contributed by atoms with Crippen molar-refractivity contribution in [2.75, 3.05) is 26.2 Å². The van der Waals surface area contributed by atoms with Crippen molar-refractivity contribution >= 4 is 27.5 Å². The van der Waals surface area contributed by atoms with Crippen molar-refractivity contribution in [3.05, 3.63) is 46.2 Å². The van der Waals surface area contributed by atoms with Crippen molar-refractivity contribution in [3.63, 3.8) is 0 Å². The molecule has 1 saturated heterocycles. The Morgan fingerprint density at radius 2 is 1.69 bits per heavy atom. The highest BCUT2D eigenvalue weighted by atomic mass is 35.5. The molecular weight excluding hydrogens is 412 g/mol. The lowest BCUT2D eigenvalue weighted by molar-refractivity contribution is -0.133. The molecule has 2 heterocycles. The smallest absolute Gasteiger partial charge is 0.243 e. The van der Waals surface area contributed by atoms with E-state index in [2.05, 4.69) is 5.10 Å². The Bertz CT molecular complexity index is 993. The number of piperazine rings is 1. The molecule has 0 aliphatic carbocycles. The highest BCUT2D eigenvalue weighted by Gasteiger charge is 2.30. The molecule has 1 aliphatic rings. The van der Waals surface area contributed by atoms with Gasteiger partial charge in [-0.2, -0.15) is 9.40 Å². The van der Waals surface area contributed by atoms with Crippen molar-refractivity contribution in [2.45, 2.75) is 45.1 Å². The van der Waals surface area contributed by atoms with E-state index in [-0.39, 0.29) is 16.8 Å². The van der Waals surface area contributed by atoms with Gasteiger partial charge in [0.2, 0.25) is 15.9 Å². The lowest BCUT2D eigenvalue weighted by Gasteiger charge is -2.34. The molecule has 0 saturated carbocycles. The van der Waals surface area contributed by atoms with Gasteiger partial charge in [-0.1, -0.05) is 29.3 Å². The Kier molecular flexibility index (Phi) is 6.36. The molecule has 7 nitrogen and oxygen atoms in total. The van der Waals surface area contributed by atoms with Crippen LogP contribution in [0.4, 0.5) is 0 Å². The van der Waals surface area contributed by atoms with Crippen LogP contribution in [0.15, 0.2) is 29.2 Å². The van der Waals surface area contributed by atoms with E-state index in [0.29, 0.717) is 37.6 Å². The van der Waals surface area contributed by atoms with Crippen LogP contribution in [0.3, 0.4) is 0 Å². The minimum atomic E-state index is -3.54. The molecule has 2 aromatic rings. The fourth-order valence-corrected chi connectivity index (χ4v) is 5.12. The zero-order valence-electron chi connectivity index (χ0n) is 17.2. The number of carbonyl (C=O) groups is 1. The molecule has 9 heteroatoms. The first-order valence-electron chi connectivity index (χ1n) is 9.67. The standard InChI is InChI=1S/C20H27ClN4O3S/c1-14-5-7-18(8-6-14)29(27,28)24-11-9-23(10-12-24)19(26)13-15(2)25-17(4)20(21)16(3)22-25/h5-8,15H,9-13H2,1-4H3/t15-/m1/s1. The zero-order valence-corrected chi connectivity index (χ0v) is 18.8. The Labute approximate surface area is 177 Å². The fourth-order valence-electron chi connectivity index (χ4n) is 3.58. The first kappa shape index (κ1) is 21.8. The van der Waals surface area contributed by atoms with Gasteiger partial charge in [-0.15, -0.1) is 0 Å². The number of carbonyl (C=O) groups excluding carboxylic acids is 1. The number of sulfonamides is 1. The minimum absolute atomic E-state index is 0.00596. The summed E-state index contributed by atoms with van der Waals surface area (Å²) in [5.74, 6) is -0.00596. The van der Waals surface area contributed by atoms with Crippen LogP contribution in [-0.2, 0) is 14.8 Å². The van der Waals surface area contributed by atoms with Gasteiger partial charge in [0.15, 0.2) is 0 Å². The average molecular weight is 439 g/mol. The lowest BCUT2D eigenvalue weighted by atomic mass is 10.2. The maximum Gasteiger partial charge on any atom is 0.243 e. The third-order valence-corrected chi connectivity index (χ3v) is 7.83. The molecule has 158 valence electrons. The van der Waals surface area contributed by atoms with E-state index in [4.69, 9.17) is 11.6 Å². The summed E-state index contributed by atoms with van der Waals surface area (Å²) in [4.78, 5) is 14.7. The van der Waals surface area contributed by atoms with E-state index in [1.165, 1.54) is 4.31 Å². The van der Waals surface area contributed by atoms with E-state index in [9.17, 15) is 13.2 Å². The molecule has 0 bridgehead atoms. The van der Waals surface area contributed by atoms with Gasteiger partial charge in [0.05, 0.1) is 27.3 Å². The molecule has 1 fully saturated rings. The maximum atomic E-state index is 12.8. The summed E-state index contributed by atoms with van der Waals surface area (Å²) in [6.45, 7) is 8.94. The predicted octanol–water partition coefficient (Wildman–Crippen LogP) is 2.95. The quantitative estimate of drug-likeness (QED) is 0.719. The molecule has 0 N–H and O–H groups in total. The normalized spacial score (nSPS) is 16.8. The van der Waals surface area contributed by atoms with Crippen LogP contribution in [0, 0.1) is 20.8 Å². The van der Waals surface area contributed by atoms with Crippen LogP contribution in [0.25, 0.3) is 0 Å². The van der Waals surface area contributed by atoms with Gasteiger partial charge < -0.3 is 4.90 Å². The van der Waals surface area contributed by atoms with E-state index in [1.807, 2.05) is 27.7 Å². The summed E-state index contributed by atoms with van der Waals surface area (Å²) in [5.41, 5.74) is 2.61. The highest BCUT2D eigenvalue weighted by Crippen LogP contribution is 2.24. The van der Waals surface area contributed by atoms with E-state index in [1.54, 1.807) is 33.8 Å². The van der Waals surface area contributed by atoms with Gasteiger partial charge in [0.25, 0.3) is 0 Å². The average Bonchev–Trinajstić information content (AvgIpc) is 2.96. The number of amides is 1. The first-order chi connectivity index (χ1) is 13.6. The van der Waals surface area contributed by atoms with Gasteiger partial charge in [-0.3, -0.25) is 9.48 Å². The summed E-state index contributed by atoms with van der Waals surface area (Å²) in [7, 11) is -3.54. The molecule has 0 unspecified atom stereocenters. The SMILES string of the molecule is Cc1ccc(S(=O)(=O)N2CCN(C(=O)C[C@@H](C)n3nc(C)c(Cl)c3C)CC2)cc1. The van der Waals surface area contributed by atoms with Crippen LogP contribution in [-0.4, -0.2) is 59.5 Å². The summed E-state index contributed by atoms with van der Waals surface area (Å²) < 4.78 is 28.9. The second-order valence-corrected chi connectivity index (χ2v) is 9.90. The van der Waals surface area contributed by atoms with Gasteiger partial charge in [-0.05, 0) is 39.8 Å². The monoisotopic (exact) mass is 438 g/mol. The van der Waals surface area contributed by atoms with Crippen LogP contribution in [0.5, 0.6) is 0 Å². The number of hydrogen-bond acceptors (Lipinski definition) is 4. The number of aromatic nitrogens is 2. The van der Waals surface area contributed by atoms with Gasteiger partial charge >= 0.3 is 0 Å². The van der Waals surface area contributed by atoms with Crippen molar-refractivity contribution in [3.8, 4) is 0 Å². The number of rotatable bonds is 5. The Morgan fingerprint density at radius 1 is 1.10 bits per heavy atom. The third kappa shape index (κ3) is 4.49. The second kappa shape index (κ2) is 8.45. The molecule has 1 aromatic carbocycles. The van der Waals surface area contributed by atoms with Gasteiger partial charge in [0.1, 0.15) is 0 Å². The maximum absolute atomic E-state index is 12.8. The molecule has 1 atom stereocenters. The molecular formula is C20H27ClN4O3S. The Morgan fingerprint density at radius 3 is 2.21 bits per heavy atom. The summed E-state index contributed by atoms with van der Waals surface area (Å²) in [6.07, 6.45) is 0.295. The molecule has 0 radical (unpaired) electrons. The fraction of sp³-hybridized carbons (Fsp3) is 0.500. The molecule has 1 aliphatic heterocycles. The molecule has 3 rings (SSSR count). The van der Waals surface area contributed by atoms with Crippen LogP contribution in [0.2, 0.25) is 5.02 Å².